The first kappa shape index (κ1) is 11.9. The molecule has 2 N–H and O–H groups in total. The van der Waals surface area contributed by atoms with Gasteiger partial charge < -0.3 is 0 Å². The normalized spacial score (nSPS) is 11.4. The predicted octanol–water partition coefficient (Wildman–Crippen LogP) is 1.57. The van der Waals surface area contributed by atoms with Crippen LogP contribution in [0.3, 0.4) is 0 Å². The Morgan fingerprint density at radius 2 is 2.12 bits per heavy atom. The topological polar surface area (TPSA) is 87.7 Å². The first-order valence-corrected chi connectivity index (χ1v) is 6.50. The van der Waals surface area contributed by atoms with Crippen molar-refractivity contribution in [1.82, 2.24) is 15.2 Å². The molecule has 0 aliphatic heterocycles. The maximum Gasteiger partial charge on any atom is 0.278 e. The molecule has 0 unspecified atom stereocenters. The van der Waals surface area contributed by atoms with Crippen molar-refractivity contribution < 1.29 is 8.42 Å². The second-order valence-electron chi connectivity index (χ2n) is 3.29. The van der Waals surface area contributed by atoms with Crippen LogP contribution in [0.5, 0.6) is 0 Å². The van der Waals surface area contributed by atoms with Crippen molar-refractivity contribution >= 4 is 27.3 Å². The molecule has 2 aromatic heterocycles. The Morgan fingerprint density at radius 1 is 1.35 bits per heavy atom. The highest BCUT2D eigenvalue weighted by Gasteiger charge is 2.16. The lowest BCUT2D eigenvalue weighted by Gasteiger charge is -2.08. The summed E-state index contributed by atoms with van der Waals surface area (Å²) in [6.45, 7) is 1.66. The average Bonchev–Trinajstić information content (AvgIpc) is 2.76. The smallest absolute Gasteiger partial charge is 0.277 e. The van der Waals surface area contributed by atoms with Crippen molar-refractivity contribution in [2.24, 2.45) is 0 Å². The summed E-state index contributed by atoms with van der Waals surface area (Å²) in [6.07, 6.45) is 1.36. The Kier molecular flexibility index (Phi) is 3.03. The molecule has 0 aliphatic rings. The molecular formula is C9H9ClN4O2S. The first-order valence-electron chi connectivity index (χ1n) is 4.64. The van der Waals surface area contributed by atoms with Gasteiger partial charge in [-0.2, -0.15) is 13.5 Å². The van der Waals surface area contributed by atoms with Gasteiger partial charge in [-0.05, 0) is 25.1 Å². The second-order valence-corrected chi connectivity index (χ2v) is 5.33. The summed E-state index contributed by atoms with van der Waals surface area (Å²) >= 11 is 5.68. The third kappa shape index (κ3) is 2.56. The minimum absolute atomic E-state index is 0.00755. The Labute approximate surface area is 103 Å². The highest BCUT2D eigenvalue weighted by atomic mass is 35.5. The van der Waals surface area contributed by atoms with Gasteiger partial charge in [0.2, 0.25) is 0 Å². The number of aryl methyl sites for hydroxylation is 1. The highest BCUT2D eigenvalue weighted by molar-refractivity contribution is 7.92. The molecule has 0 aromatic carbocycles. The number of nitrogens with one attached hydrogen (secondary N) is 2. The summed E-state index contributed by atoms with van der Waals surface area (Å²) in [5.41, 5.74) is 0.879. The molecule has 0 saturated carbocycles. The van der Waals surface area contributed by atoms with E-state index in [1.165, 1.54) is 18.3 Å². The summed E-state index contributed by atoms with van der Waals surface area (Å²) in [4.78, 5) is 3.95. The fourth-order valence-corrected chi connectivity index (χ4v) is 2.45. The fourth-order valence-electron chi connectivity index (χ4n) is 1.23. The van der Waals surface area contributed by atoms with Crippen LogP contribution in [0.1, 0.15) is 5.69 Å². The minimum atomic E-state index is -3.66. The molecule has 2 rings (SSSR count). The molecule has 0 spiro atoms. The second kappa shape index (κ2) is 4.34. The lowest BCUT2D eigenvalue weighted by molar-refractivity contribution is 0.597. The van der Waals surface area contributed by atoms with Crippen molar-refractivity contribution in [3.8, 4) is 0 Å². The Morgan fingerprint density at radius 3 is 2.71 bits per heavy atom. The summed E-state index contributed by atoms with van der Waals surface area (Å²) in [5.74, 6) is 0. The summed E-state index contributed by atoms with van der Waals surface area (Å²) < 4.78 is 26.1. The molecule has 0 aliphatic carbocycles. The maximum absolute atomic E-state index is 11.9. The first-order chi connectivity index (χ1) is 7.99. The van der Waals surface area contributed by atoms with Gasteiger partial charge in [-0.15, -0.1) is 0 Å². The number of nitrogens with zero attached hydrogens (tertiary/aromatic N) is 2. The van der Waals surface area contributed by atoms with Crippen molar-refractivity contribution in [2.45, 2.75) is 11.9 Å². The van der Waals surface area contributed by atoms with Crippen LogP contribution in [0, 0.1) is 6.92 Å². The minimum Gasteiger partial charge on any atom is -0.277 e. The van der Waals surface area contributed by atoms with E-state index in [4.69, 9.17) is 11.6 Å². The number of sulfonamides is 1. The molecule has 0 amide bonds. The van der Waals surface area contributed by atoms with Gasteiger partial charge in [-0.1, -0.05) is 11.6 Å². The van der Waals surface area contributed by atoms with E-state index in [9.17, 15) is 8.42 Å². The van der Waals surface area contributed by atoms with E-state index in [0.29, 0.717) is 16.5 Å². The van der Waals surface area contributed by atoms with Gasteiger partial charge in [0.15, 0.2) is 5.03 Å². The van der Waals surface area contributed by atoms with Gasteiger partial charge in [0, 0.05) is 0 Å². The van der Waals surface area contributed by atoms with Gasteiger partial charge in [0.1, 0.15) is 5.15 Å². The number of aromatic amines is 1. The molecule has 2 heterocycles. The van der Waals surface area contributed by atoms with E-state index in [-0.39, 0.29) is 5.03 Å². The number of hydrogen-bond donors (Lipinski definition) is 2. The molecule has 90 valence electrons. The van der Waals surface area contributed by atoms with E-state index in [1.54, 1.807) is 13.0 Å². The van der Waals surface area contributed by atoms with Gasteiger partial charge in [-0.25, -0.2) is 4.98 Å². The van der Waals surface area contributed by atoms with Crippen LogP contribution in [-0.4, -0.2) is 23.6 Å². The van der Waals surface area contributed by atoms with E-state index in [1.807, 2.05) is 0 Å². The Bertz CT molecular complexity index is 624. The van der Waals surface area contributed by atoms with Crippen LogP contribution in [0.25, 0.3) is 0 Å². The molecule has 17 heavy (non-hydrogen) atoms. The number of anilines is 1. The fraction of sp³-hybridized carbons (Fsp3) is 0.111. The van der Waals surface area contributed by atoms with Crippen molar-refractivity contribution in [3.05, 3.63) is 35.2 Å². The molecule has 2 aromatic rings. The number of halogens is 1. The summed E-state index contributed by atoms with van der Waals surface area (Å²) in [5, 5.41) is 6.27. The van der Waals surface area contributed by atoms with Crippen LogP contribution < -0.4 is 4.72 Å². The third-order valence-electron chi connectivity index (χ3n) is 2.06. The number of H-pyrrole nitrogens is 1. The molecule has 0 bridgehead atoms. The van der Waals surface area contributed by atoms with Crippen molar-refractivity contribution in [1.29, 1.82) is 0 Å². The number of rotatable bonds is 3. The van der Waals surface area contributed by atoms with E-state index < -0.39 is 10.0 Å². The number of aromatic nitrogens is 3. The van der Waals surface area contributed by atoms with Crippen LogP contribution in [0.4, 0.5) is 5.69 Å². The molecule has 0 fully saturated rings. The maximum atomic E-state index is 11.9. The van der Waals surface area contributed by atoms with E-state index in [0.717, 1.165) is 0 Å². The van der Waals surface area contributed by atoms with E-state index in [2.05, 4.69) is 19.9 Å². The van der Waals surface area contributed by atoms with Gasteiger partial charge in [0.25, 0.3) is 10.0 Å². The molecule has 8 heteroatoms. The quantitative estimate of drug-likeness (QED) is 0.830. The lowest BCUT2D eigenvalue weighted by atomic mass is 10.3. The van der Waals surface area contributed by atoms with Crippen molar-refractivity contribution in [2.75, 3.05) is 4.72 Å². The van der Waals surface area contributed by atoms with Crippen LogP contribution in [0.2, 0.25) is 5.15 Å². The standard InChI is InChI=1S/C9H9ClN4O2S/c1-6-7(2-3-8(10)12-6)14-17(15,16)9-4-5-11-13-9/h2-5,14H,1H3,(H,11,13). The summed E-state index contributed by atoms with van der Waals surface area (Å²) in [6, 6.07) is 4.43. The lowest BCUT2D eigenvalue weighted by Crippen LogP contribution is -2.14. The molecule has 0 radical (unpaired) electrons. The van der Waals surface area contributed by atoms with Gasteiger partial charge >= 0.3 is 0 Å². The number of pyridine rings is 1. The molecule has 6 nitrogen and oxygen atoms in total. The van der Waals surface area contributed by atoms with Gasteiger partial charge in [-0.3, -0.25) is 9.82 Å². The van der Waals surface area contributed by atoms with Gasteiger partial charge in [0.05, 0.1) is 17.6 Å². The predicted molar refractivity (Wildman–Crippen MR) is 63.4 cm³/mol. The van der Waals surface area contributed by atoms with E-state index >= 15 is 0 Å². The largest absolute Gasteiger partial charge is 0.278 e. The molecular weight excluding hydrogens is 264 g/mol. The number of hydrogen-bond acceptors (Lipinski definition) is 4. The third-order valence-corrected chi connectivity index (χ3v) is 3.57. The monoisotopic (exact) mass is 272 g/mol. The zero-order chi connectivity index (χ0) is 12.5. The summed E-state index contributed by atoms with van der Waals surface area (Å²) in [7, 11) is -3.66. The average molecular weight is 273 g/mol. The highest BCUT2D eigenvalue weighted by Crippen LogP contribution is 2.19. The Balaban J connectivity index is 2.33. The molecule has 0 atom stereocenters. The van der Waals surface area contributed by atoms with Crippen LogP contribution >= 0.6 is 11.6 Å². The Hall–Kier alpha value is -1.60. The van der Waals surface area contributed by atoms with Crippen LogP contribution in [-0.2, 0) is 10.0 Å². The zero-order valence-corrected chi connectivity index (χ0v) is 10.4. The SMILES string of the molecule is Cc1nc(Cl)ccc1NS(=O)(=O)c1ccn[nH]1. The molecule has 0 saturated heterocycles. The van der Waals surface area contributed by atoms with Crippen LogP contribution in [0.15, 0.2) is 29.4 Å². The van der Waals surface area contributed by atoms with Crippen molar-refractivity contribution in [3.63, 3.8) is 0 Å². The zero-order valence-electron chi connectivity index (χ0n) is 8.81.